The van der Waals surface area contributed by atoms with Crippen LogP contribution < -0.4 is 10.6 Å². The van der Waals surface area contributed by atoms with Crippen molar-refractivity contribution in [2.45, 2.75) is 45.2 Å². The van der Waals surface area contributed by atoms with Gasteiger partial charge in [-0.2, -0.15) is 0 Å². The van der Waals surface area contributed by atoms with Crippen molar-refractivity contribution in [3.63, 3.8) is 0 Å². The number of rotatable bonds is 3. The minimum Gasteiger partial charge on any atom is -0.459 e. The van der Waals surface area contributed by atoms with Crippen LogP contribution in [0.2, 0.25) is 0 Å². The van der Waals surface area contributed by atoms with Crippen molar-refractivity contribution in [3.05, 3.63) is 35.6 Å². The number of amides is 2. The molecule has 22 heavy (non-hydrogen) atoms. The quantitative estimate of drug-likeness (QED) is 0.915. The Balaban J connectivity index is 1.75. The first-order chi connectivity index (χ1) is 10.6. The summed E-state index contributed by atoms with van der Waals surface area (Å²) in [6.07, 6.45) is 1.94. The number of fused-ring (bicyclic) bond motifs is 1. The Bertz CT molecular complexity index is 720. The minimum atomic E-state index is -0.437. The third kappa shape index (κ3) is 2.71. The van der Waals surface area contributed by atoms with Gasteiger partial charge in [-0.1, -0.05) is 18.2 Å². The van der Waals surface area contributed by atoms with Gasteiger partial charge < -0.3 is 15.1 Å². The molecular weight excluding hydrogens is 280 g/mol. The number of benzene rings is 1. The predicted octanol–water partition coefficient (Wildman–Crippen LogP) is 2.59. The SMILES string of the molecule is Cc1c([C@H](C)NC(=O)[C@H]2CCCC(=O)N2)oc2ccccc12. The number of hydrogen-bond acceptors (Lipinski definition) is 3. The lowest BCUT2D eigenvalue weighted by Crippen LogP contribution is -2.49. The number of aryl methyl sites for hydroxylation is 1. The summed E-state index contributed by atoms with van der Waals surface area (Å²) in [5.41, 5.74) is 1.86. The lowest BCUT2D eigenvalue weighted by atomic mass is 10.0. The molecule has 1 aromatic heterocycles. The number of carbonyl (C=O) groups is 2. The maximum absolute atomic E-state index is 12.3. The molecule has 5 nitrogen and oxygen atoms in total. The van der Waals surface area contributed by atoms with Gasteiger partial charge >= 0.3 is 0 Å². The predicted molar refractivity (Wildman–Crippen MR) is 83.3 cm³/mol. The van der Waals surface area contributed by atoms with Gasteiger partial charge in [0.05, 0.1) is 6.04 Å². The lowest BCUT2D eigenvalue weighted by molar-refractivity contribution is -0.131. The maximum Gasteiger partial charge on any atom is 0.243 e. The summed E-state index contributed by atoms with van der Waals surface area (Å²) in [4.78, 5) is 23.7. The molecule has 1 fully saturated rings. The summed E-state index contributed by atoms with van der Waals surface area (Å²) in [5.74, 6) is 0.552. The van der Waals surface area contributed by atoms with E-state index in [1.54, 1.807) is 0 Å². The highest BCUT2D eigenvalue weighted by Crippen LogP contribution is 2.29. The van der Waals surface area contributed by atoms with Crippen molar-refractivity contribution >= 4 is 22.8 Å². The second kappa shape index (κ2) is 5.83. The van der Waals surface area contributed by atoms with Crippen LogP contribution in [0.3, 0.4) is 0 Å². The number of furan rings is 1. The van der Waals surface area contributed by atoms with Crippen LogP contribution in [0.4, 0.5) is 0 Å². The van der Waals surface area contributed by atoms with E-state index in [1.807, 2.05) is 38.1 Å². The minimum absolute atomic E-state index is 0.0565. The molecule has 116 valence electrons. The van der Waals surface area contributed by atoms with Crippen LogP contribution >= 0.6 is 0 Å². The van der Waals surface area contributed by atoms with Crippen molar-refractivity contribution in [3.8, 4) is 0 Å². The molecule has 1 aliphatic rings. The molecule has 2 atom stereocenters. The van der Waals surface area contributed by atoms with Gasteiger partial charge in [-0.25, -0.2) is 0 Å². The van der Waals surface area contributed by atoms with Crippen LogP contribution in [-0.2, 0) is 9.59 Å². The van der Waals surface area contributed by atoms with Crippen LogP contribution in [0.1, 0.15) is 43.6 Å². The molecule has 5 heteroatoms. The standard InChI is InChI=1S/C17H20N2O3/c1-10-12-6-3-4-8-14(12)22-16(10)11(2)18-17(21)13-7-5-9-15(20)19-13/h3-4,6,8,11,13H,5,7,9H2,1-2H3,(H,18,21)(H,19,20)/t11-,13+/m0/s1. The second-order valence-corrected chi connectivity index (χ2v) is 5.83. The Morgan fingerprint density at radius 2 is 2.18 bits per heavy atom. The largest absolute Gasteiger partial charge is 0.459 e. The first-order valence-electron chi connectivity index (χ1n) is 7.64. The van der Waals surface area contributed by atoms with E-state index in [4.69, 9.17) is 4.42 Å². The molecule has 0 radical (unpaired) electrons. The second-order valence-electron chi connectivity index (χ2n) is 5.83. The molecule has 2 heterocycles. The Labute approximate surface area is 129 Å². The summed E-state index contributed by atoms with van der Waals surface area (Å²) >= 11 is 0. The molecule has 0 saturated carbocycles. The van der Waals surface area contributed by atoms with Gasteiger partial charge in [-0.15, -0.1) is 0 Å². The van der Waals surface area contributed by atoms with Crippen molar-refractivity contribution in [1.82, 2.24) is 10.6 Å². The van der Waals surface area contributed by atoms with E-state index in [0.29, 0.717) is 12.8 Å². The number of piperidine rings is 1. The van der Waals surface area contributed by atoms with Gasteiger partial charge in [0, 0.05) is 17.4 Å². The molecule has 1 aliphatic heterocycles. The van der Waals surface area contributed by atoms with Crippen LogP contribution in [0.15, 0.2) is 28.7 Å². The van der Waals surface area contributed by atoms with Gasteiger partial charge in [0.25, 0.3) is 0 Å². The Kier molecular flexibility index (Phi) is 3.88. The molecule has 3 rings (SSSR count). The topological polar surface area (TPSA) is 71.3 Å². The molecule has 1 saturated heterocycles. The molecule has 2 aromatic rings. The summed E-state index contributed by atoms with van der Waals surface area (Å²) in [5, 5.41) is 6.73. The average Bonchev–Trinajstić information content (AvgIpc) is 2.85. The van der Waals surface area contributed by atoms with Crippen molar-refractivity contribution in [1.29, 1.82) is 0 Å². The Morgan fingerprint density at radius 3 is 2.91 bits per heavy atom. The third-order valence-electron chi connectivity index (χ3n) is 4.18. The zero-order valence-electron chi connectivity index (χ0n) is 12.8. The van der Waals surface area contributed by atoms with E-state index in [2.05, 4.69) is 10.6 Å². The Hall–Kier alpha value is -2.30. The summed E-state index contributed by atoms with van der Waals surface area (Å²) in [6, 6.07) is 7.15. The van der Waals surface area contributed by atoms with Gasteiger partial charge in [0.2, 0.25) is 11.8 Å². The summed E-state index contributed by atoms with van der Waals surface area (Å²) < 4.78 is 5.87. The van der Waals surface area contributed by atoms with Crippen LogP contribution in [0.25, 0.3) is 11.0 Å². The average molecular weight is 300 g/mol. The van der Waals surface area contributed by atoms with Crippen LogP contribution in [-0.4, -0.2) is 17.9 Å². The van der Waals surface area contributed by atoms with Gasteiger partial charge in [0.15, 0.2) is 0 Å². The molecule has 0 spiro atoms. The number of para-hydroxylation sites is 1. The first-order valence-corrected chi connectivity index (χ1v) is 7.64. The van der Waals surface area contributed by atoms with E-state index in [-0.39, 0.29) is 17.9 Å². The molecule has 0 bridgehead atoms. The number of nitrogens with one attached hydrogen (secondary N) is 2. The molecule has 0 aliphatic carbocycles. The van der Waals surface area contributed by atoms with Crippen LogP contribution in [0, 0.1) is 6.92 Å². The number of hydrogen-bond donors (Lipinski definition) is 2. The molecule has 0 unspecified atom stereocenters. The van der Waals surface area contributed by atoms with E-state index in [9.17, 15) is 9.59 Å². The van der Waals surface area contributed by atoms with Crippen molar-refractivity contribution in [2.75, 3.05) is 0 Å². The van der Waals surface area contributed by atoms with Gasteiger partial charge in [-0.05, 0) is 32.8 Å². The first kappa shape index (κ1) is 14.6. The van der Waals surface area contributed by atoms with Crippen molar-refractivity contribution in [2.24, 2.45) is 0 Å². The normalized spacial score (nSPS) is 19.7. The molecular formula is C17H20N2O3. The zero-order chi connectivity index (χ0) is 15.7. The van der Waals surface area contributed by atoms with Crippen LogP contribution in [0.5, 0.6) is 0 Å². The fraction of sp³-hybridized carbons (Fsp3) is 0.412. The highest BCUT2D eigenvalue weighted by Gasteiger charge is 2.27. The van der Waals surface area contributed by atoms with Crippen molar-refractivity contribution < 1.29 is 14.0 Å². The van der Waals surface area contributed by atoms with Gasteiger partial charge in [0.1, 0.15) is 17.4 Å². The fourth-order valence-electron chi connectivity index (χ4n) is 2.99. The van der Waals surface area contributed by atoms with Gasteiger partial charge in [-0.3, -0.25) is 9.59 Å². The molecule has 2 N–H and O–H groups in total. The maximum atomic E-state index is 12.3. The van der Waals surface area contributed by atoms with E-state index >= 15 is 0 Å². The van der Waals surface area contributed by atoms with E-state index in [1.165, 1.54) is 0 Å². The fourth-order valence-corrected chi connectivity index (χ4v) is 2.99. The smallest absolute Gasteiger partial charge is 0.243 e. The monoisotopic (exact) mass is 300 g/mol. The summed E-state index contributed by atoms with van der Waals surface area (Å²) in [6.45, 7) is 3.89. The third-order valence-corrected chi connectivity index (χ3v) is 4.18. The highest BCUT2D eigenvalue weighted by molar-refractivity contribution is 5.89. The summed E-state index contributed by atoms with van der Waals surface area (Å²) in [7, 11) is 0. The number of carbonyl (C=O) groups excluding carboxylic acids is 2. The molecule has 1 aromatic carbocycles. The van der Waals surface area contributed by atoms with E-state index < -0.39 is 6.04 Å². The highest BCUT2D eigenvalue weighted by atomic mass is 16.3. The molecule has 2 amide bonds. The zero-order valence-corrected chi connectivity index (χ0v) is 12.8. The van der Waals surface area contributed by atoms with E-state index in [0.717, 1.165) is 28.7 Å². The Morgan fingerprint density at radius 1 is 1.41 bits per heavy atom. The lowest BCUT2D eigenvalue weighted by Gasteiger charge is -2.24.